The van der Waals surface area contributed by atoms with Crippen molar-refractivity contribution in [2.45, 2.75) is 19.5 Å². The molecule has 21 heavy (non-hydrogen) atoms. The third kappa shape index (κ3) is 4.07. The Morgan fingerprint density at radius 3 is 2.76 bits per heavy atom. The number of hydrogen-bond acceptors (Lipinski definition) is 4. The van der Waals surface area contributed by atoms with E-state index in [4.69, 9.17) is 9.52 Å². The van der Waals surface area contributed by atoms with Gasteiger partial charge in [0.25, 0.3) is 0 Å². The number of carboxylic acid groups (broad SMARTS) is 1. The van der Waals surface area contributed by atoms with E-state index in [1.807, 2.05) is 19.1 Å². The number of carboxylic acids is 1. The summed E-state index contributed by atoms with van der Waals surface area (Å²) in [7, 11) is 0. The summed E-state index contributed by atoms with van der Waals surface area (Å²) in [6.45, 7) is 1.92. The molecule has 2 aromatic heterocycles. The molecule has 0 bridgehead atoms. The third-order valence-electron chi connectivity index (χ3n) is 2.77. The molecular formula is C14H15N3O4. The molecular weight excluding hydrogens is 274 g/mol. The highest BCUT2D eigenvalue weighted by Gasteiger charge is 2.12. The minimum Gasteiger partial charge on any atom is -0.475 e. The van der Waals surface area contributed by atoms with Crippen LogP contribution in [0.15, 0.2) is 40.9 Å². The van der Waals surface area contributed by atoms with Gasteiger partial charge in [0.05, 0.1) is 18.3 Å². The molecule has 1 unspecified atom stereocenters. The lowest BCUT2D eigenvalue weighted by Gasteiger charge is -2.13. The van der Waals surface area contributed by atoms with Crippen LogP contribution in [0, 0.1) is 0 Å². The molecule has 7 nitrogen and oxygen atoms in total. The molecule has 2 aromatic rings. The minimum atomic E-state index is -1.14. The van der Waals surface area contributed by atoms with Crippen molar-refractivity contribution in [1.82, 2.24) is 15.6 Å². The highest BCUT2D eigenvalue weighted by molar-refractivity contribution is 5.84. The second kappa shape index (κ2) is 6.56. The topological polar surface area (TPSA) is 104 Å². The summed E-state index contributed by atoms with van der Waals surface area (Å²) in [4.78, 5) is 26.5. The minimum absolute atomic E-state index is 0.105. The zero-order chi connectivity index (χ0) is 15.2. The number of carbonyl (C=O) groups excluding carboxylic acids is 1. The monoisotopic (exact) mass is 289 g/mol. The quantitative estimate of drug-likeness (QED) is 0.780. The fraction of sp³-hybridized carbons (Fsp3) is 0.214. The first-order valence-corrected chi connectivity index (χ1v) is 6.33. The van der Waals surface area contributed by atoms with Gasteiger partial charge in [-0.05, 0) is 31.2 Å². The van der Waals surface area contributed by atoms with Crippen LogP contribution in [0.1, 0.15) is 35.0 Å². The highest BCUT2D eigenvalue weighted by atomic mass is 16.4. The molecule has 2 heterocycles. The van der Waals surface area contributed by atoms with E-state index in [1.54, 1.807) is 12.3 Å². The van der Waals surface area contributed by atoms with Crippen LogP contribution in [0.25, 0.3) is 0 Å². The van der Waals surface area contributed by atoms with Crippen molar-refractivity contribution in [2.75, 3.05) is 0 Å². The maximum absolute atomic E-state index is 11.7. The Bertz CT molecular complexity index is 624. The van der Waals surface area contributed by atoms with Crippen molar-refractivity contribution in [3.05, 3.63) is 53.7 Å². The molecule has 0 saturated carbocycles. The van der Waals surface area contributed by atoms with Gasteiger partial charge in [0.15, 0.2) is 0 Å². The number of furan rings is 1. The first kappa shape index (κ1) is 14.6. The molecule has 110 valence electrons. The zero-order valence-corrected chi connectivity index (χ0v) is 11.4. The summed E-state index contributed by atoms with van der Waals surface area (Å²) in [5.74, 6) is -0.934. The van der Waals surface area contributed by atoms with Gasteiger partial charge in [0, 0.05) is 6.20 Å². The second-order valence-corrected chi connectivity index (χ2v) is 4.37. The van der Waals surface area contributed by atoms with Gasteiger partial charge in [0.1, 0.15) is 5.76 Å². The van der Waals surface area contributed by atoms with E-state index in [9.17, 15) is 9.59 Å². The van der Waals surface area contributed by atoms with Crippen LogP contribution in [0.4, 0.5) is 4.79 Å². The van der Waals surface area contributed by atoms with Crippen molar-refractivity contribution in [1.29, 1.82) is 0 Å². The molecule has 0 radical (unpaired) electrons. The van der Waals surface area contributed by atoms with E-state index in [0.717, 1.165) is 5.69 Å². The molecule has 0 aromatic carbocycles. The predicted octanol–water partition coefficient (Wildman–Crippen LogP) is 1.93. The maximum atomic E-state index is 11.7. The van der Waals surface area contributed by atoms with Gasteiger partial charge in [-0.3, -0.25) is 4.98 Å². The highest BCUT2D eigenvalue weighted by Crippen LogP contribution is 2.09. The average molecular weight is 289 g/mol. The number of hydrogen-bond donors (Lipinski definition) is 3. The molecule has 0 spiro atoms. The van der Waals surface area contributed by atoms with Crippen LogP contribution in [0.5, 0.6) is 0 Å². The average Bonchev–Trinajstić information content (AvgIpc) is 2.95. The molecule has 2 amide bonds. The molecule has 0 aliphatic heterocycles. The smallest absolute Gasteiger partial charge is 0.371 e. The van der Waals surface area contributed by atoms with Crippen molar-refractivity contribution in [2.24, 2.45) is 0 Å². The van der Waals surface area contributed by atoms with E-state index in [-0.39, 0.29) is 24.4 Å². The number of amides is 2. The first-order valence-electron chi connectivity index (χ1n) is 6.33. The van der Waals surface area contributed by atoms with Crippen LogP contribution in [0.2, 0.25) is 0 Å². The van der Waals surface area contributed by atoms with Crippen LogP contribution >= 0.6 is 0 Å². The van der Waals surface area contributed by atoms with Gasteiger partial charge in [-0.2, -0.15) is 0 Å². The Morgan fingerprint density at radius 1 is 1.33 bits per heavy atom. The van der Waals surface area contributed by atoms with Crippen LogP contribution in [-0.4, -0.2) is 22.1 Å². The lowest BCUT2D eigenvalue weighted by atomic mass is 10.2. The number of aromatic nitrogens is 1. The number of nitrogens with one attached hydrogen (secondary N) is 2. The second-order valence-electron chi connectivity index (χ2n) is 4.37. The number of nitrogens with zero attached hydrogens (tertiary/aromatic N) is 1. The van der Waals surface area contributed by atoms with Gasteiger partial charge in [-0.1, -0.05) is 6.07 Å². The predicted molar refractivity (Wildman–Crippen MR) is 73.7 cm³/mol. The Labute approximate surface area is 121 Å². The summed E-state index contributed by atoms with van der Waals surface area (Å²) in [6, 6.07) is 7.68. The number of rotatable bonds is 5. The van der Waals surface area contributed by atoms with E-state index in [1.165, 1.54) is 12.1 Å². The zero-order valence-electron chi connectivity index (χ0n) is 11.4. The molecule has 0 saturated heterocycles. The molecule has 7 heteroatoms. The van der Waals surface area contributed by atoms with Crippen molar-refractivity contribution >= 4 is 12.0 Å². The summed E-state index contributed by atoms with van der Waals surface area (Å²) in [5.41, 5.74) is 0.749. The van der Waals surface area contributed by atoms with Crippen LogP contribution in [0.3, 0.4) is 0 Å². The fourth-order valence-corrected chi connectivity index (χ4v) is 1.71. The lowest BCUT2D eigenvalue weighted by molar-refractivity contribution is 0.0660. The van der Waals surface area contributed by atoms with Crippen LogP contribution < -0.4 is 10.6 Å². The molecule has 2 rings (SSSR count). The Balaban J connectivity index is 1.83. The van der Waals surface area contributed by atoms with Crippen LogP contribution in [-0.2, 0) is 6.54 Å². The number of aromatic carboxylic acids is 1. The lowest BCUT2D eigenvalue weighted by Crippen LogP contribution is -2.36. The van der Waals surface area contributed by atoms with Crippen molar-refractivity contribution < 1.29 is 19.1 Å². The molecule has 0 fully saturated rings. The standard InChI is InChI=1S/C14H15N3O4/c1-9(11-4-2-3-7-15-11)17-14(20)16-8-10-5-6-12(21-10)13(18)19/h2-7,9H,8H2,1H3,(H,18,19)(H2,16,17,20). The van der Waals surface area contributed by atoms with E-state index in [2.05, 4.69) is 15.6 Å². The van der Waals surface area contributed by atoms with Crippen molar-refractivity contribution in [3.63, 3.8) is 0 Å². The third-order valence-corrected chi connectivity index (χ3v) is 2.77. The van der Waals surface area contributed by atoms with Crippen molar-refractivity contribution in [3.8, 4) is 0 Å². The molecule has 0 aliphatic carbocycles. The Kier molecular flexibility index (Phi) is 4.55. The maximum Gasteiger partial charge on any atom is 0.371 e. The summed E-state index contributed by atoms with van der Waals surface area (Å²) in [5, 5.41) is 14.0. The largest absolute Gasteiger partial charge is 0.475 e. The van der Waals surface area contributed by atoms with Gasteiger partial charge in [-0.15, -0.1) is 0 Å². The Morgan fingerprint density at radius 2 is 2.14 bits per heavy atom. The number of pyridine rings is 1. The van der Waals surface area contributed by atoms with Gasteiger partial charge in [0.2, 0.25) is 5.76 Å². The SMILES string of the molecule is CC(NC(=O)NCc1ccc(C(=O)O)o1)c1ccccn1. The van der Waals surface area contributed by atoms with E-state index < -0.39 is 5.97 Å². The number of carbonyl (C=O) groups is 2. The molecule has 0 aliphatic rings. The van der Waals surface area contributed by atoms with Gasteiger partial charge in [-0.25, -0.2) is 9.59 Å². The summed E-state index contributed by atoms with van der Waals surface area (Å²) >= 11 is 0. The first-order chi connectivity index (χ1) is 10.1. The normalized spacial score (nSPS) is 11.7. The van der Waals surface area contributed by atoms with E-state index >= 15 is 0 Å². The van der Waals surface area contributed by atoms with Gasteiger partial charge < -0.3 is 20.2 Å². The summed E-state index contributed by atoms with van der Waals surface area (Å²) < 4.78 is 5.03. The fourth-order valence-electron chi connectivity index (χ4n) is 1.71. The number of urea groups is 1. The molecule has 3 N–H and O–H groups in total. The van der Waals surface area contributed by atoms with E-state index in [0.29, 0.717) is 5.76 Å². The Hall–Kier alpha value is -2.83. The molecule has 1 atom stereocenters. The van der Waals surface area contributed by atoms with Gasteiger partial charge >= 0.3 is 12.0 Å². The summed E-state index contributed by atoms with van der Waals surface area (Å²) in [6.07, 6.45) is 1.65.